The summed E-state index contributed by atoms with van der Waals surface area (Å²) in [6.45, 7) is 2.21. The SMILES string of the molecule is Cc1nc(-c2ccc(OCCCc3cc(C(=O)O)no3)cc2)no1. The highest BCUT2D eigenvalue weighted by Gasteiger charge is 2.10. The van der Waals surface area contributed by atoms with Crippen molar-refractivity contribution in [3.05, 3.63) is 47.7 Å². The van der Waals surface area contributed by atoms with E-state index in [1.54, 1.807) is 6.92 Å². The minimum atomic E-state index is -1.10. The molecule has 3 aromatic rings. The Hall–Kier alpha value is -3.16. The number of aryl methyl sites for hydroxylation is 2. The molecule has 0 bridgehead atoms. The summed E-state index contributed by atoms with van der Waals surface area (Å²) in [4.78, 5) is 14.9. The van der Waals surface area contributed by atoms with Gasteiger partial charge in [-0.15, -0.1) is 0 Å². The highest BCUT2D eigenvalue weighted by atomic mass is 16.5. The van der Waals surface area contributed by atoms with Gasteiger partial charge in [0.05, 0.1) is 6.61 Å². The normalized spacial score (nSPS) is 10.7. The summed E-state index contributed by atoms with van der Waals surface area (Å²) >= 11 is 0. The fourth-order valence-electron chi connectivity index (χ4n) is 2.08. The summed E-state index contributed by atoms with van der Waals surface area (Å²) in [7, 11) is 0. The highest BCUT2D eigenvalue weighted by molar-refractivity contribution is 5.85. The Balaban J connectivity index is 1.47. The number of benzene rings is 1. The zero-order valence-corrected chi connectivity index (χ0v) is 12.9. The van der Waals surface area contributed by atoms with E-state index >= 15 is 0 Å². The molecule has 0 aliphatic carbocycles. The maximum absolute atomic E-state index is 10.7. The van der Waals surface area contributed by atoms with Gasteiger partial charge in [-0.1, -0.05) is 10.3 Å². The summed E-state index contributed by atoms with van der Waals surface area (Å²) < 4.78 is 15.5. The standard InChI is InChI=1S/C16H15N3O5/c1-10-17-15(19-23-10)11-4-6-12(7-5-11)22-8-2-3-13-9-14(16(20)21)18-24-13/h4-7,9H,2-3,8H2,1H3,(H,20,21). The van der Waals surface area contributed by atoms with Crippen LogP contribution in [0.4, 0.5) is 0 Å². The van der Waals surface area contributed by atoms with Gasteiger partial charge in [-0.2, -0.15) is 4.98 Å². The Bertz CT molecular complexity index is 822. The van der Waals surface area contributed by atoms with Crippen molar-refractivity contribution in [1.82, 2.24) is 15.3 Å². The third kappa shape index (κ3) is 3.78. The van der Waals surface area contributed by atoms with E-state index in [1.807, 2.05) is 24.3 Å². The number of rotatable bonds is 7. The number of hydrogen-bond acceptors (Lipinski definition) is 7. The summed E-state index contributed by atoms with van der Waals surface area (Å²) in [5.41, 5.74) is 0.764. The van der Waals surface area contributed by atoms with Gasteiger partial charge in [-0.25, -0.2) is 4.79 Å². The number of carbonyl (C=O) groups is 1. The average molecular weight is 329 g/mol. The van der Waals surface area contributed by atoms with Crippen molar-refractivity contribution in [3.63, 3.8) is 0 Å². The van der Waals surface area contributed by atoms with Crippen LogP contribution in [0.2, 0.25) is 0 Å². The minimum Gasteiger partial charge on any atom is -0.494 e. The number of aromatic nitrogens is 3. The van der Waals surface area contributed by atoms with Crippen LogP contribution >= 0.6 is 0 Å². The van der Waals surface area contributed by atoms with Crippen LogP contribution in [0.3, 0.4) is 0 Å². The number of ether oxygens (including phenoxy) is 1. The summed E-state index contributed by atoms with van der Waals surface area (Å²) in [5, 5.41) is 16.1. The number of carboxylic acid groups (broad SMARTS) is 1. The van der Waals surface area contributed by atoms with E-state index in [0.29, 0.717) is 36.9 Å². The van der Waals surface area contributed by atoms with Gasteiger partial charge in [0.15, 0.2) is 5.69 Å². The van der Waals surface area contributed by atoms with Crippen LogP contribution in [-0.2, 0) is 6.42 Å². The molecule has 0 saturated carbocycles. The zero-order valence-electron chi connectivity index (χ0n) is 12.9. The van der Waals surface area contributed by atoms with E-state index in [1.165, 1.54) is 6.07 Å². The summed E-state index contributed by atoms with van der Waals surface area (Å²) in [6, 6.07) is 8.80. The largest absolute Gasteiger partial charge is 0.494 e. The first-order valence-electron chi connectivity index (χ1n) is 7.34. The van der Waals surface area contributed by atoms with E-state index in [2.05, 4.69) is 15.3 Å². The fourth-order valence-corrected chi connectivity index (χ4v) is 2.08. The molecule has 0 atom stereocenters. The van der Waals surface area contributed by atoms with Crippen molar-refractivity contribution in [2.24, 2.45) is 0 Å². The topological polar surface area (TPSA) is 111 Å². The molecule has 2 aromatic heterocycles. The first-order chi connectivity index (χ1) is 11.6. The van der Waals surface area contributed by atoms with Gasteiger partial charge < -0.3 is 18.9 Å². The fraction of sp³-hybridized carbons (Fsp3) is 0.250. The van der Waals surface area contributed by atoms with Crippen LogP contribution in [0.5, 0.6) is 5.75 Å². The minimum absolute atomic E-state index is 0.0850. The molecule has 3 rings (SSSR count). The van der Waals surface area contributed by atoms with Gasteiger partial charge >= 0.3 is 5.97 Å². The Labute approximate surface area is 137 Å². The second kappa shape index (κ2) is 6.95. The molecule has 0 aliphatic rings. The van der Waals surface area contributed by atoms with Crippen molar-refractivity contribution >= 4 is 5.97 Å². The van der Waals surface area contributed by atoms with E-state index in [9.17, 15) is 4.79 Å². The molecular formula is C16H15N3O5. The number of nitrogens with zero attached hydrogens (tertiary/aromatic N) is 3. The lowest BCUT2D eigenvalue weighted by Crippen LogP contribution is -1.99. The quantitative estimate of drug-likeness (QED) is 0.659. The maximum Gasteiger partial charge on any atom is 0.358 e. The second-order valence-corrected chi connectivity index (χ2v) is 5.10. The molecule has 2 heterocycles. The van der Waals surface area contributed by atoms with Crippen LogP contribution in [0.1, 0.15) is 28.6 Å². The van der Waals surface area contributed by atoms with Crippen molar-refractivity contribution in [1.29, 1.82) is 0 Å². The smallest absolute Gasteiger partial charge is 0.358 e. The molecule has 0 radical (unpaired) electrons. The van der Waals surface area contributed by atoms with Gasteiger partial charge in [0.1, 0.15) is 11.5 Å². The summed E-state index contributed by atoms with van der Waals surface area (Å²) in [5.74, 6) is 1.21. The summed E-state index contributed by atoms with van der Waals surface area (Å²) in [6.07, 6.45) is 1.24. The molecule has 1 aromatic carbocycles. The first kappa shape index (κ1) is 15.7. The molecule has 8 nitrogen and oxygen atoms in total. The Kier molecular flexibility index (Phi) is 4.55. The molecular weight excluding hydrogens is 314 g/mol. The molecule has 124 valence electrons. The first-order valence-corrected chi connectivity index (χ1v) is 7.34. The Morgan fingerprint density at radius 2 is 2.00 bits per heavy atom. The van der Waals surface area contributed by atoms with Gasteiger partial charge in [0.25, 0.3) is 0 Å². The predicted molar refractivity (Wildman–Crippen MR) is 81.7 cm³/mol. The molecule has 0 amide bonds. The lowest BCUT2D eigenvalue weighted by atomic mass is 10.2. The lowest BCUT2D eigenvalue weighted by Gasteiger charge is -2.05. The zero-order chi connectivity index (χ0) is 16.9. The van der Waals surface area contributed by atoms with Crippen molar-refractivity contribution in [2.75, 3.05) is 6.61 Å². The lowest BCUT2D eigenvalue weighted by molar-refractivity contribution is 0.0685. The van der Waals surface area contributed by atoms with Crippen LogP contribution < -0.4 is 4.74 Å². The van der Waals surface area contributed by atoms with Crippen molar-refractivity contribution in [3.8, 4) is 17.1 Å². The maximum atomic E-state index is 10.7. The van der Waals surface area contributed by atoms with Gasteiger partial charge in [0, 0.05) is 25.0 Å². The van der Waals surface area contributed by atoms with Crippen molar-refractivity contribution in [2.45, 2.75) is 19.8 Å². The van der Waals surface area contributed by atoms with Crippen molar-refractivity contribution < 1.29 is 23.7 Å². The molecule has 0 aliphatic heterocycles. The molecule has 0 spiro atoms. The Morgan fingerprint density at radius 1 is 1.21 bits per heavy atom. The third-order valence-corrected chi connectivity index (χ3v) is 3.25. The highest BCUT2D eigenvalue weighted by Crippen LogP contribution is 2.20. The second-order valence-electron chi connectivity index (χ2n) is 5.10. The number of aromatic carboxylic acids is 1. The molecule has 0 fully saturated rings. The molecule has 24 heavy (non-hydrogen) atoms. The van der Waals surface area contributed by atoms with Crippen LogP contribution in [0, 0.1) is 6.92 Å². The van der Waals surface area contributed by atoms with Crippen LogP contribution in [0.25, 0.3) is 11.4 Å². The van der Waals surface area contributed by atoms with Crippen LogP contribution in [-0.4, -0.2) is 33.0 Å². The van der Waals surface area contributed by atoms with E-state index in [0.717, 1.165) is 11.3 Å². The monoisotopic (exact) mass is 329 g/mol. The molecule has 8 heteroatoms. The van der Waals surface area contributed by atoms with E-state index in [4.69, 9.17) is 18.9 Å². The van der Waals surface area contributed by atoms with E-state index < -0.39 is 5.97 Å². The third-order valence-electron chi connectivity index (χ3n) is 3.25. The average Bonchev–Trinajstić information content (AvgIpc) is 3.21. The predicted octanol–water partition coefficient (Wildman–Crippen LogP) is 2.74. The number of carboxylic acids is 1. The molecule has 0 unspecified atom stereocenters. The Morgan fingerprint density at radius 3 is 2.62 bits per heavy atom. The van der Waals surface area contributed by atoms with Gasteiger partial charge in [-0.3, -0.25) is 0 Å². The number of hydrogen-bond donors (Lipinski definition) is 1. The van der Waals surface area contributed by atoms with E-state index in [-0.39, 0.29) is 5.69 Å². The van der Waals surface area contributed by atoms with Gasteiger partial charge in [0.2, 0.25) is 11.7 Å². The van der Waals surface area contributed by atoms with Crippen LogP contribution in [0.15, 0.2) is 39.4 Å². The molecule has 0 saturated heterocycles. The molecule has 1 N–H and O–H groups in total. The van der Waals surface area contributed by atoms with Gasteiger partial charge in [-0.05, 0) is 30.7 Å².